The van der Waals surface area contributed by atoms with Crippen LogP contribution in [0.25, 0.3) is 10.9 Å². The fraction of sp³-hybridized carbons (Fsp3) is 0.405. The Morgan fingerprint density at radius 3 is 2.41 bits per heavy atom. The molecule has 0 saturated heterocycles. The summed E-state index contributed by atoms with van der Waals surface area (Å²) in [5.74, 6) is 0.0557. The van der Waals surface area contributed by atoms with Gasteiger partial charge < -0.3 is 35.7 Å². The minimum absolute atomic E-state index is 0.0601. The van der Waals surface area contributed by atoms with Gasteiger partial charge in [-0.3, -0.25) is 29.1 Å². The zero-order valence-electron chi connectivity index (χ0n) is 33.6. The largest absolute Gasteiger partial charge is 0.493 e. The molecule has 0 radical (unpaired) electrons. The van der Waals surface area contributed by atoms with E-state index >= 15 is 0 Å². The maximum absolute atomic E-state index is 14.3. The van der Waals surface area contributed by atoms with E-state index in [-0.39, 0.29) is 43.8 Å². The van der Waals surface area contributed by atoms with Crippen molar-refractivity contribution in [2.45, 2.75) is 71.2 Å². The van der Waals surface area contributed by atoms with E-state index in [9.17, 15) is 19.2 Å². The molecule has 0 saturated carbocycles. The van der Waals surface area contributed by atoms with E-state index in [2.05, 4.69) is 31.2 Å². The molecule has 16 nitrogen and oxygen atoms in total. The van der Waals surface area contributed by atoms with Crippen LogP contribution < -0.4 is 30.7 Å². The minimum atomic E-state index is -1.01. The summed E-state index contributed by atoms with van der Waals surface area (Å²) in [5, 5.41) is 17.6. The van der Waals surface area contributed by atoms with E-state index in [4.69, 9.17) is 19.6 Å². The van der Waals surface area contributed by atoms with Gasteiger partial charge in [-0.25, -0.2) is 9.67 Å². The topological polar surface area (TPSA) is 197 Å². The fourth-order valence-corrected chi connectivity index (χ4v) is 7.09. The molecule has 4 amide bonds. The summed E-state index contributed by atoms with van der Waals surface area (Å²) in [6.07, 6.45) is 6.28. The quantitative estimate of drug-likeness (QED) is 0.140. The number of nitrogens with one attached hydrogen (secondary N) is 5. The Labute approximate surface area is 337 Å². The predicted octanol–water partition coefficient (Wildman–Crippen LogP) is 2.83. The lowest BCUT2D eigenvalue weighted by Gasteiger charge is -2.28. The highest BCUT2D eigenvalue weighted by molar-refractivity contribution is 5.93. The first kappa shape index (κ1) is 41.3. The van der Waals surface area contributed by atoms with Gasteiger partial charge >= 0.3 is 0 Å². The van der Waals surface area contributed by atoms with Gasteiger partial charge in [0.1, 0.15) is 24.5 Å². The molecule has 3 aromatic heterocycles. The number of hydrogen-bond donors (Lipinski definition) is 5. The fourth-order valence-electron chi connectivity index (χ4n) is 7.09. The van der Waals surface area contributed by atoms with Crippen LogP contribution in [-0.4, -0.2) is 99.2 Å². The monoisotopic (exact) mass is 792 g/mol. The minimum Gasteiger partial charge on any atom is -0.493 e. The van der Waals surface area contributed by atoms with Gasteiger partial charge in [0.25, 0.3) is 0 Å². The first-order valence-electron chi connectivity index (χ1n) is 19.5. The number of amides is 4. The van der Waals surface area contributed by atoms with E-state index in [0.717, 1.165) is 27.6 Å². The van der Waals surface area contributed by atoms with Crippen molar-refractivity contribution in [1.29, 1.82) is 0 Å². The van der Waals surface area contributed by atoms with Gasteiger partial charge in [-0.05, 0) is 59.9 Å². The van der Waals surface area contributed by atoms with Crippen LogP contribution in [0.4, 0.5) is 0 Å². The van der Waals surface area contributed by atoms with Crippen molar-refractivity contribution in [3.63, 3.8) is 0 Å². The van der Waals surface area contributed by atoms with Gasteiger partial charge in [-0.2, -0.15) is 5.10 Å². The molecule has 306 valence electrons. The Hall–Kier alpha value is -6.29. The van der Waals surface area contributed by atoms with Gasteiger partial charge in [0.2, 0.25) is 23.6 Å². The number of methoxy groups -OCH3 is 2. The third-order valence-electron chi connectivity index (χ3n) is 10.4. The number of para-hydroxylation sites is 1. The van der Waals surface area contributed by atoms with E-state index in [0.29, 0.717) is 49.1 Å². The zero-order chi connectivity index (χ0) is 41.2. The molecule has 0 spiro atoms. The lowest BCUT2D eigenvalue weighted by molar-refractivity contribution is -0.133. The number of hydrogen-bond acceptors (Lipinski definition) is 10. The predicted molar refractivity (Wildman–Crippen MR) is 217 cm³/mol. The van der Waals surface area contributed by atoms with Crippen LogP contribution in [0, 0.1) is 5.92 Å². The Balaban J connectivity index is 1.33. The van der Waals surface area contributed by atoms with Gasteiger partial charge in [0.05, 0.1) is 26.8 Å². The van der Waals surface area contributed by atoms with Gasteiger partial charge in [0.15, 0.2) is 17.3 Å². The van der Waals surface area contributed by atoms with E-state index in [1.807, 2.05) is 73.5 Å². The summed E-state index contributed by atoms with van der Waals surface area (Å²) in [6, 6.07) is 14.3. The van der Waals surface area contributed by atoms with Crippen LogP contribution in [0.1, 0.15) is 61.6 Å². The number of carbonyl (C=O) groups excluding carboxylic acids is 4. The van der Waals surface area contributed by atoms with Crippen molar-refractivity contribution < 1.29 is 28.7 Å². The number of H-pyrrole nitrogens is 1. The molecule has 58 heavy (non-hydrogen) atoms. The molecule has 0 unspecified atom stereocenters. The number of aromatic amines is 1. The highest BCUT2D eigenvalue weighted by Crippen LogP contribution is 2.28. The summed E-state index contributed by atoms with van der Waals surface area (Å²) >= 11 is 0. The van der Waals surface area contributed by atoms with Crippen LogP contribution in [0.3, 0.4) is 0 Å². The number of fused-ring (bicyclic) bond motifs is 2. The highest BCUT2D eigenvalue weighted by Gasteiger charge is 2.32. The van der Waals surface area contributed by atoms with E-state index < -0.39 is 29.9 Å². The second-order valence-electron chi connectivity index (χ2n) is 14.6. The van der Waals surface area contributed by atoms with Gasteiger partial charge in [-0.1, -0.05) is 44.5 Å². The number of rotatable bonds is 10. The van der Waals surface area contributed by atoms with Crippen LogP contribution >= 0.6 is 0 Å². The van der Waals surface area contributed by atoms with Crippen LogP contribution in [0.15, 0.2) is 73.2 Å². The van der Waals surface area contributed by atoms with E-state index in [1.54, 1.807) is 39.6 Å². The molecular weight excluding hydrogens is 741 g/mol. The number of benzene rings is 2. The van der Waals surface area contributed by atoms with Crippen molar-refractivity contribution in [3.8, 4) is 11.5 Å². The molecular formula is C42H52N10O6. The maximum atomic E-state index is 14.3. The van der Waals surface area contributed by atoms with Crippen molar-refractivity contribution in [1.82, 2.24) is 50.9 Å². The first-order chi connectivity index (χ1) is 28.0. The number of carbonyl (C=O) groups is 4. The van der Waals surface area contributed by atoms with Crippen molar-refractivity contribution in [2.24, 2.45) is 5.92 Å². The Morgan fingerprint density at radius 1 is 0.879 bits per heavy atom. The summed E-state index contributed by atoms with van der Waals surface area (Å²) in [5.41, 5.74) is 3.53. The smallest absolute Gasteiger partial charge is 0.243 e. The SMILES string of the molecule is CC[C@H](C)[C@@H]1NC(=O)[C@@H](Cc2c[nH]c3ccccc23)NC(=O)CN(Cc2ccncc2)CCNC(=O)Cn2nc(Cc3ccc(OC)c(OC)c3)nc2[C@@H](C)NC1=O. The standard InChI is InChI=1S/C42H52N10O6/c1-6-26(2)39-42(56)46-27(3)40-48-36(20-29-11-12-34(57-4)35(19-29)58-5)50-52(40)25-37(53)44-17-18-51(23-28-13-15-43-16-14-28)24-38(54)47-33(41(55)49-39)21-30-22-45-32-10-8-7-9-31(30)32/h7-16,19,22,26-27,33,39,45H,6,17-18,20-21,23-25H2,1-5H3,(H,44,53)(H,46,56)(H,47,54)(H,49,55)/t26-,27+,33+,39-/m0/s1. The maximum Gasteiger partial charge on any atom is 0.243 e. The first-order valence-corrected chi connectivity index (χ1v) is 19.5. The van der Waals surface area contributed by atoms with Crippen molar-refractivity contribution >= 4 is 34.5 Å². The molecule has 16 heteroatoms. The summed E-state index contributed by atoms with van der Waals surface area (Å²) in [6.45, 7) is 6.32. The molecule has 5 aromatic rings. The van der Waals surface area contributed by atoms with Crippen LogP contribution in [0.2, 0.25) is 0 Å². The molecule has 5 N–H and O–H groups in total. The van der Waals surface area contributed by atoms with Gasteiger partial charge in [0, 0.05) is 62.0 Å². The zero-order valence-corrected chi connectivity index (χ0v) is 33.6. The molecule has 1 aliphatic heterocycles. The Morgan fingerprint density at radius 2 is 1.66 bits per heavy atom. The van der Waals surface area contributed by atoms with Crippen molar-refractivity contribution in [2.75, 3.05) is 33.9 Å². The lowest BCUT2D eigenvalue weighted by atomic mass is 9.96. The van der Waals surface area contributed by atoms with E-state index in [1.165, 1.54) is 4.68 Å². The Bertz CT molecular complexity index is 2200. The number of pyridine rings is 1. The summed E-state index contributed by atoms with van der Waals surface area (Å²) < 4.78 is 12.4. The second-order valence-corrected chi connectivity index (χ2v) is 14.6. The van der Waals surface area contributed by atoms with Crippen molar-refractivity contribution in [3.05, 3.63) is 102 Å². The average Bonchev–Trinajstić information content (AvgIpc) is 3.82. The summed E-state index contributed by atoms with van der Waals surface area (Å²) in [7, 11) is 3.13. The normalized spacial score (nSPS) is 19.5. The highest BCUT2D eigenvalue weighted by atomic mass is 16.5. The molecule has 4 atom stereocenters. The third kappa shape index (κ3) is 10.4. The molecule has 2 aromatic carbocycles. The third-order valence-corrected chi connectivity index (χ3v) is 10.4. The van der Waals surface area contributed by atoms with Gasteiger partial charge in [-0.15, -0.1) is 0 Å². The second kappa shape index (κ2) is 19.2. The molecule has 4 heterocycles. The molecule has 0 fully saturated rings. The molecule has 0 bridgehead atoms. The molecule has 1 aliphatic rings. The number of aromatic nitrogens is 5. The average molecular weight is 793 g/mol. The lowest BCUT2D eigenvalue weighted by Crippen LogP contribution is -2.57. The summed E-state index contributed by atoms with van der Waals surface area (Å²) in [4.78, 5) is 69.9. The molecule has 6 rings (SSSR count). The molecule has 0 aliphatic carbocycles. The number of nitrogens with zero attached hydrogens (tertiary/aromatic N) is 5. The van der Waals surface area contributed by atoms with Crippen LogP contribution in [0.5, 0.6) is 11.5 Å². The Kier molecular flexibility index (Phi) is 13.7. The van der Waals surface area contributed by atoms with Crippen LogP contribution in [-0.2, 0) is 45.1 Å². The number of ether oxygens (including phenoxy) is 2.